The fourth-order valence-electron chi connectivity index (χ4n) is 1.26. The van der Waals surface area contributed by atoms with Gasteiger partial charge in [-0.3, -0.25) is 4.99 Å². The lowest BCUT2D eigenvalue weighted by molar-refractivity contribution is 0.514. The van der Waals surface area contributed by atoms with Gasteiger partial charge in [0.15, 0.2) is 0 Å². The van der Waals surface area contributed by atoms with Gasteiger partial charge in [-0.15, -0.1) is 0 Å². The van der Waals surface area contributed by atoms with Gasteiger partial charge >= 0.3 is 0 Å². The Morgan fingerprint density at radius 1 is 1.70 bits per heavy atom. The van der Waals surface area contributed by atoms with Crippen molar-refractivity contribution in [1.29, 1.82) is 0 Å². The van der Waals surface area contributed by atoms with Gasteiger partial charge in [-0.2, -0.15) is 0 Å². The van der Waals surface area contributed by atoms with Gasteiger partial charge in [-0.1, -0.05) is 6.58 Å². The van der Waals surface area contributed by atoms with Crippen molar-refractivity contribution in [2.75, 3.05) is 0 Å². The second-order valence-corrected chi connectivity index (χ2v) is 2.85. The van der Waals surface area contributed by atoms with E-state index in [1.165, 1.54) is 0 Å². The van der Waals surface area contributed by atoms with Crippen LogP contribution in [-0.4, -0.2) is 17.9 Å². The molecule has 0 aliphatic carbocycles. The molecule has 1 aliphatic rings. The fourth-order valence-corrected chi connectivity index (χ4v) is 1.26. The number of amidine groups is 1. The smallest absolute Gasteiger partial charge is 0.120 e. The normalized spacial score (nSPS) is 32.4. The van der Waals surface area contributed by atoms with Gasteiger partial charge in [-0.25, -0.2) is 0 Å². The fraction of sp³-hybridized carbons (Fsp3) is 0.625. The summed E-state index contributed by atoms with van der Waals surface area (Å²) in [7, 11) is 0. The lowest BCUT2D eigenvalue weighted by atomic mass is 10.1. The van der Waals surface area contributed by atoms with Crippen LogP contribution in [0, 0.1) is 0 Å². The van der Waals surface area contributed by atoms with E-state index in [2.05, 4.69) is 30.7 Å². The number of nitrogens with zero attached hydrogens (tertiary/aromatic N) is 1. The van der Waals surface area contributed by atoms with Crippen molar-refractivity contribution in [3.8, 4) is 0 Å². The molecule has 0 fully saturated rings. The van der Waals surface area contributed by atoms with Crippen molar-refractivity contribution in [3.63, 3.8) is 0 Å². The van der Waals surface area contributed by atoms with Crippen LogP contribution in [0.2, 0.25) is 0 Å². The Balaban J connectivity index is 2.65. The van der Waals surface area contributed by atoms with Gasteiger partial charge in [0.2, 0.25) is 0 Å². The Morgan fingerprint density at radius 3 is 2.90 bits per heavy atom. The minimum atomic E-state index is 0.448. The van der Waals surface area contributed by atoms with E-state index >= 15 is 0 Å². The van der Waals surface area contributed by atoms with Gasteiger partial charge in [-0.05, 0) is 26.3 Å². The van der Waals surface area contributed by atoms with Crippen LogP contribution in [0.4, 0.5) is 0 Å². The van der Waals surface area contributed by atoms with Gasteiger partial charge in [0, 0.05) is 6.04 Å². The average Bonchev–Trinajstić information content (AvgIpc) is 1.85. The molecule has 10 heavy (non-hydrogen) atoms. The molecular weight excluding hydrogens is 124 g/mol. The van der Waals surface area contributed by atoms with Gasteiger partial charge in [0.25, 0.3) is 0 Å². The SMILES string of the molecule is C=CC1=NC(C)CC(C)N1. The number of rotatable bonds is 1. The van der Waals surface area contributed by atoms with Crippen molar-refractivity contribution in [2.45, 2.75) is 32.4 Å². The number of nitrogens with one attached hydrogen (secondary N) is 1. The van der Waals surface area contributed by atoms with Crippen LogP contribution < -0.4 is 5.32 Å². The van der Waals surface area contributed by atoms with E-state index in [4.69, 9.17) is 0 Å². The summed E-state index contributed by atoms with van der Waals surface area (Å²) in [5.41, 5.74) is 0. The van der Waals surface area contributed by atoms with E-state index in [-0.39, 0.29) is 0 Å². The second kappa shape index (κ2) is 2.86. The van der Waals surface area contributed by atoms with Gasteiger partial charge in [0.05, 0.1) is 6.04 Å². The molecule has 0 bridgehead atoms. The van der Waals surface area contributed by atoms with Crippen molar-refractivity contribution in [2.24, 2.45) is 4.99 Å². The molecule has 0 spiro atoms. The predicted octanol–water partition coefficient (Wildman–Crippen LogP) is 1.34. The van der Waals surface area contributed by atoms with Crippen LogP contribution in [0.3, 0.4) is 0 Å². The second-order valence-electron chi connectivity index (χ2n) is 2.85. The van der Waals surface area contributed by atoms with Crippen LogP contribution in [0.1, 0.15) is 20.3 Å². The number of hydrogen-bond donors (Lipinski definition) is 1. The van der Waals surface area contributed by atoms with Crippen LogP contribution in [0.15, 0.2) is 17.6 Å². The first-order valence-corrected chi connectivity index (χ1v) is 3.69. The molecule has 2 nitrogen and oxygen atoms in total. The summed E-state index contributed by atoms with van der Waals surface area (Å²) in [6.07, 6.45) is 2.89. The molecule has 0 aromatic carbocycles. The van der Waals surface area contributed by atoms with Crippen molar-refractivity contribution in [1.82, 2.24) is 5.32 Å². The van der Waals surface area contributed by atoms with Gasteiger partial charge in [0.1, 0.15) is 5.84 Å². The molecule has 1 rings (SSSR count). The van der Waals surface area contributed by atoms with E-state index < -0.39 is 0 Å². The van der Waals surface area contributed by atoms with Crippen LogP contribution in [0.25, 0.3) is 0 Å². The summed E-state index contributed by atoms with van der Waals surface area (Å²) in [6, 6.07) is 0.991. The lowest BCUT2D eigenvalue weighted by Gasteiger charge is -2.23. The zero-order valence-corrected chi connectivity index (χ0v) is 6.59. The molecule has 2 unspecified atom stereocenters. The Kier molecular flexibility index (Phi) is 2.10. The molecule has 0 amide bonds. The zero-order valence-electron chi connectivity index (χ0n) is 6.59. The summed E-state index contributed by atoms with van der Waals surface area (Å²) in [6.45, 7) is 7.95. The van der Waals surface area contributed by atoms with Crippen LogP contribution in [-0.2, 0) is 0 Å². The molecule has 2 atom stereocenters. The molecule has 0 aromatic heterocycles. The molecule has 56 valence electrons. The average molecular weight is 138 g/mol. The van der Waals surface area contributed by atoms with E-state index in [1.807, 2.05) is 0 Å². The van der Waals surface area contributed by atoms with E-state index in [9.17, 15) is 0 Å². The maximum Gasteiger partial charge on any atom is 0.120 e. The quantitative estimate of drug-likeness (QED) is 0.581. The van der Waals surface area contributed by atoms with Crippen molar-refractivity contribution < 1.29 is 0 Å². The van der Waals surface area contributed by atoms with Crippen molar-refractivity contribution in [3.05, 3.63) is 12.7 Å². The third kappa shape index (κ3) is 1.59. The zero-order chi connectivity index (χ0) is 7.56. The van der Waals surface area contributed by atoms with Crippen LogP contribution >= 0.6 is 0 Å². The molecule has 0 aromatic rings. The topological polar surface area (TPSA) is 24.4 Å². The van der Waals surface area contributed by atoms with E-state index in [0.717, 1.165) is 12.3 Å². The highest BCUT2D eigenvalue weighted by Gasteiger charge is 2.13. The highest BCUT2D eigenvalue weighted by atomic mass is 15.1. The summed E-state index contributed by atoms with van der Waals surface area (Å²) < 4.78 is 0. The standard InChI is InChI=1S/C8H14N2/c1-4-8-9-6(2)5-7(3)10-8/h4,6-7H,1,5H2,2-3H3,(H,9,10). The van der Waals surface area contributed by atoms with Gasteiger partial charge < -0.3 is 5.32 Å². The maximum absolute atomic E-state index is 4.34. The minimum Gasteiger partial charge on any atom is -0.368 e. The summed E-state index contributed by atoms with van der Waals surface area (Å²) in [5.74, 6) is 0.936. The van der Waals surface area contributed by atoms with E-state index in [0.29, 0.717) is 12.1 Å². The number of hydrogen-bond acceptors (Lipinski definition) is 2. The molecule has 0 saturated heterocycles. The molecule has 0 radical (unpaired) electrons. The Hall–Kier alpha value is -0.790. The highest BCUT2D eigenvalue weighted by molar-refractivity contribution is 5.93. The molecule has 1 heterocycles. The molecule has 1 N–H and O–H groups in total. The maximum atomic E-state index is 4.34. The Labute approximate surface area is 62.0 Å². The third-order valence-electron chi connectivity index (χ3n) is 1.64. The summed E-state index contributed by atoms with van der Waals surface area (Å²) >= 11 is 0. The van der Waals surface area contributed by atoms with E-state index in [1.54, 1.807) is 6.08 Å². The highest BCUT2D eigenvalue weighted by Crippen LogP contribution is 2.07. The first kappa shape index (κ1) is 7.32. The largest absolute Gasteiger partial charge is 0.368 e. The first-order chi connectivity index (χ1) is 4.72. The Bertz CT molecular complexity index is 161. The third-order valence-corrected chi connectivity index (χ3v) is 1.64. The van der Waals surface area contributed by atoms with Crippen molar-refractivity contribution >= 4 is 5.84 Å². The summed E-state index contributed by atoms with van der Waals surface area (Å²) in [5, 5.41) is 3.23. The molecular formula is C8H14N2. The molecule has 0 saturated carbocycles. The monoisotopic (exact) mass is 138 g/mol. The lowest BCUT2D eigenvalue weighted by Crippen LogP contribution is -2.38. The predicted molar refractivity (Wildman–Crippen MR) is 44.3 cm³/mol. The van der Waals surface area contributed by atoms with Crippen LogP contribution in [0.5, 0.6) is 0 Å². The summed E-state index contributed by atoms with van der Waals surface area (Å²) in [4.78, 5) is 4.34. The molecule has 1 aliphatic heterocycles. The molecule has 2 heteroatoms. The Morgan fingerprint density at radius 2 is 2.40 bits per heavy atom. The minimum absolute atomic E-state index is 0.448. The first-order valence-electron chi connectivity index (χ1n) is 3.69. The number of aliphatic imine (C=N–C) groups is 1.